The van der Waals surface area contributed by atoms with E-state index in [1.54, 1.807) is 0 Å². The molecule has 0 N–H and O–H groups in total. The smallest absolute Gasteiger partial charge is 0.0461 e. The van der Waals surface area contributed by atoms with Gasteiger partial charge < -0.3 is 4.90 Å². The Kier molecular flexibility index (Phi) is 4.13. The molecule has 2 rings (SSSR count). The second-order valence-electron chi connectivity index (χ2n) is 5.13. The first-order valence-corrected chi connectivity index (χ1v) is 6.52. The molecule has 1 aliphatic rings. The molecule has 17 heavy (non-hydrogen) atoms. The van der Waals surface area contributed by atoms with Crippen LogP contribution in [0.25, 0.3) is 0 Å². The quantitative estimate of drug-likeness (QED) is 0.787. The van der Waals surface area contributed by atoms with Crippen molar-refractivity contribution in [2.75, 3.05) is 33.7 Å². The Morgan fingerprint density at radius 1 is 1.41 bits per heavy atom. The van der Waals surface area contributed by atoms with E-state index < -0.39 is 0 Å². The predicted molar refractivity (Wildman–Crippen MR) is 71.2 cm³/mol. The van der Waals surface area contributed by atoms with Gasteiger partial charge in [0.15, 0.2) is 0 Å². The molecule has 3 nitrogen and oxygen atoms in total. The van der Waals surface area contributed by atoms with Crippen LogP contribution in [0.1, 0.15) is 23.7 Å². The van der Waals surface area contributed by atoms with Crippen LogP contribution in [0.4, 0.5) is 0 Å². The molecule has 3 heteroatoms. The van der Waals surface area contributed by atoms with Gasteiger partial charge in [0.25, 0.3) is 0 Å². The van der Waals surface area contributed by atoms with Crippen LogP contribution in [0, 0.1) is 0 Å². The van der Waals surface area contributed by atoms with Gasteiger partial charge in [-0.2, -0.15) is 0 Å². The fourth-order valence-electron chi connectivity index (χ4n) is 2.26. The molecule has 0 fully saturated rings. The lowest BCUT2D eigenvalue weighted by atomic mass is 10.0. The van der Waals surface area contributed by atoms with E-state index in [9.17, 15) is 0 Å². The summed E-state index contributed by atoms with van der Waals surface area (Å²) >= 11 is 0. The minimum Gasteiger partial charge on any atom is -0.308 e. The van der Waals surface area contributed by atoms with Crippen molar-refractivity contribution in [2.24, 2.45) is 0 Å². The van der Waals surface area contributed by atoms with Gasteiger partial charge in [0.2, 0.25) is 0 Å². The summed E-state index contributed by atoms with van der Waals surface area (Å²) in [7, 11) is 4.27. The summed E-state index contributed by atoms with van der Waals surface area (Å²) in [5, 5.41) is 0. The van der Waals surface area contributed by atoms with Crippen LogP contribution < -0.4 is 0 Å². The number of hydrogen-bond donors (Lipinski definition) is 0. The van der Waals surface area contributed by atoms with E-state index >= 15 is 0 Å². The zero-order valence-corrected chi connectivity index (χ0v) is 11.2. The van der Waals surface area contributed by atoms with E-state index in [1.807, 2.05) is 6.20 Å². The summed E-state index contributed by atoms with van der Waals surface area (Å²) in [6.45, 7) is 6.71. The topological polar surface area (TPSA) is 19.4 Å². The van der Waals surface area contributed by atoms with Crippen molar-refractivity contribution in [1.82, 2.24) is 14.8 Å². The first-order chi connectivity index (χ1) is 8.19. The minimum atomic E-state index is 1.07. The Morgan fingerprint density at radius 3 is 2.94 bits per heavy atom. The molecule has 1 aliphatic heterocycles. The molecule has 0 bridgehead atoms. The Balaban J connectivity index is 2.01. The van der Waals surface area contributed by atoms with Gasteiger partial charge in [-0.05, 0) is 31.6 Å². The SMILES string of the molecule is CCc1cnc2c(c1)CN(CCN(C)C)CC2. The molecule has 0 spiro atoms. The van der Waals surface area contributed by atoms with E-state index in [2.05, 4.69) is 41.9 Å². The summed E-state index contributed by atoms with van der Waals surface area (Å²) in [6.07, 6.45) is 4.22. The van der Waals surface area contributed by atoms with Crippen LogP contribution in [0.2, 0.25) is 0 Å². The van der Waals surface area contributed by atoms with Gasteiger partial charge in [-0.25, -0.2) is 0 Å². The van der Waals surface area contributed by atoms with Gasteiger partial charge in [-0.15, -0.1) is 0 Å². The third-order valence-electron chi connectivity index (χ3n) is 3.45. The van der Waals surface area contributed by atoms with Gasteiger partial charge in [0.1, 0.15) is 0 Å². The highest BCUT2D eigenvalue weighted by atomic mass is 15.2. The number of hydrogen-bond acceptors (Lipinski definition) is 3. The highest BCUT2D eigenvalue weighted by Crippen LogP contribution is 2.18. The molecule has 94 valence electrons. The van der Waals surface area contributed by atoms with Gasteiger partial charge in [0, 0.05) is 44.5 Å². The van der Waals surface area contributed by atoms with E-state index in [-0.39, 0.29) is 0 Å². The lowest BCUT2D eigenvalue weighted by molar-refractivity contribution is 0.223. The number of aryl methyl sites for hydroxylation is 1. The molecular formula is C14H23N3. The van der Waals surface area contributed by atoms with Gasteiger partial charge >= 0.3 is 0 Å². The molecule has 1 aromatic heterocycles. The zero-order valence-electron chi connectivity index (χ0n) is 11.2. The third-order valence-corrected chi connectivity index (χ3v) is 3.45. The van der Waals surface area contributed by atoms with Crippen molar-refractivity contribution in [3.63, 3.8) is 0 Å². The van der Waals surface area contributed by atoms with Crippen molar-refractivity contribution in [3.05, 3.63) is 29.1 Å². The third kappa shape index (κ3) is 3.27. The van der Waals surface area contributed by atoms with Gasteiger partial charge in [0.05, 0.1) is 0 Å². The summed E-state index contributed by atoms with van der Waals surface area (Å²) < 4.78 is 0. The number of likely N-dealkylation sites (N-methyl/N-ethyl adjacent to an activating group) is 1. The maximum Gasteiger partial charge on any atom is 0.0461 e. The number of fused-ring (bicyclic) bond motifs is 1. The van der Waals surface area contributed by atoms with Crippen LogP contribution in [0.5, 0.6) is 0 Å². The number of nitrogens with zero attached hydrogens (tertiary/aromatic N) is 3. The lowest BCUT2D eigenvalue weighted by Gasteiger charge is -2.29. The van der Waals surface area contributed by atoms with Crippen LogP contribution in [0.15, 0.2) is 12.3 Å². The predicted octanol–water partition coefficient (Wildman–Crippen LogP) is 1.56. The first-order valence-electron chi connectivity index (χ1n) is 6.52. The van der Waals surface area contributed by atoms with Crippen molar-refractivity contribution < 1.29 is 0 Å². The van der Waals surface area contributed by atoms with Crippen molar-refractivity contribution in [2.45, 2.75) is 26.3 Å². The minimum absolute atomic E-state index is 1.07. The lowest BCUT2D eigenvalue weighted by Crippen LogP contribution is -2.36. The maximum atomic E-state index is 4.58. The molecule has 0 aliphatic carbocycles. The summed E-state index contributed by atoms with van der Waals surface area (Å²) in [4.78, 5) is 9.36. The van der Waals surface area contributed by atoms with E-state index in [0.717, 1.165) is 39.0 Å². The highest BCUT2D eigenvalue weighted by Gasteiger charge is 2.17. The fraction of sp³-hybridized carbons (Fsp3) is 0.643. The number of aromatic nitrogens is 1. The standard InChI is InChI=1S/C14H23N3/c1-4-12-9-13-11-17(8-7-16(2)3)6-5-14(13)15-10-12/h9-10H,4-8,11H2,1-3H3. The second-order valence-corrected chi connectivity index (χ2v) is 5.13. The first kappa shape index (κ1) is 12.5. The van der Waals surface area contributed by atoms with Crippen LogP contribution in [0.3, 0.4) is 0 Å². The number of rotatable bonds is 4. The normalized spacial score (nSPS) is 16.2. The number of pyridine rings is 1. The van der Waals surface area contributed by atoms with E-state index in [1.165, 1.54) is 16.8 Å². The molecule has 0 saturated carbocycles. The van der Waals surface area contributed by atoms with E-state index in [0.29, 0.717) is 0 Å². The van der Waals surface area contributed by atoms with Crippen molar-refractivity contribution in [1.29, 1.82) is 0 Å². The molecule has 0 saturated heterocycles. The summed E-state index contributed by atoms with van der Waals surface area (Å²) in [6, 6.07) is 2.34. The van der Waals surface area contributed by atoms with Gasteiger partial charge in [-0.1, -0.05) is 13.0 Å². The van der Waals surface area contributed by atoms with Crippen molar-refractivity contribution in [3.8, 4) is 0 Å². The average molecular weight is 233 g/mol. The Labute approximate surface area is 104 Å². The molecule has 0 amide bonds. The van der Waals surface area contributed by atoms with Crippen molar-refractivity contribution >= 4 is 0 Å². The highest BCUT2D eigenvalue weighted by molar-refractivity contribution is 5.27. The molecule has 1 aromatic rings. The molecular weight excluding hydrogens is 210 g/mol. The summed E-state index contributed by atoms with van der Waals surface area (Å²) in [5.41, 5.74) is 4.11. The molecule has 0 atom stereocenters. The largest absolute Gasteiger partial charge is 0.308 e. The van der Waals surface area contributed by atoms with Crippen LogP contribution >= 0.6 is 0 Å². The molecule has 0 radical (unpaired) electrons. The molecule has 0 aromatic carbocycles. The fourth-order valence-corrected chi connectivity index (χ4v) is 2.26. The van der Waals surface area contributed by atoms with Gasteiger partial charge in [-0.3, -0.25) is 9.88 Å². The second kappa shape index (κ2) is 5.61. The monoisotopic (exact) mass is 233 g/mol. The average Bonchev–Trinajstić information content (AvgIpc) is 2.35. The Hall–Kier alpha value is -0.930. The van der Waals surface area contributed by atoms with E-state index in [4.69, 9.17) is 0 Å². The summed E-state index contributed by atoms with van der Waals surface area (Å²) in [5.74, 6) is 0. The van der Waals surface area contributed by atoms with Crippen LogP contribution in [-0.4, -0.2) is 48.5 Å². The maximum absolute atomic E-state index is 4.58. The zero-order chi connectivity index (χ0) is 12.3. The molecule has 0 unspecified atom stereocenters. The Bertz CT molecular complexity index is 374. The Morgan fingerprint density at radius 2 is 2.24 bits per heavy atom. The molecule has 2 heterocycles. The van der Waals surface area contributed by atoms with Crippen LogP contribution in [-0.2, 0) is 19.4 Å².